The molecule has 0 aromatic heterocycles. The van der Waals surface area contributed by atoms with Gasteiger partial charge in [-0.3, -0.25) is 4.79 Å². The van der Waals surface area contributed by atoms with E-state index < -0.39 is 9.84 Å². The first-order valence-corrected chi connectivity index (χ1v) is 6.13. The van der Waals surface area contributed by atoms with Gasteiger partial charge in [-0.2, -0.15) is 0 Å². The molecule has 13 heavy (non-hydrogen) atoms. The molecule has 0 saturated heterocycles. The first-order valence-electron chi connectivity index (χ1n) is 4.07. The zero-order chi connectivity index (χ0) is 10.5. The molecule has 0 aliphatic carbocycles. The predicted molar refractivity (Wildman–Crippen MR) is 50.4 cm³/mol. The van der Waals surface area contributed by atoms with E-state index in [-0.39, 0.29) is 30.5 Å². The van der Waals surface area contributed by atoms with Crippen LogP contribution in [0.3, 0.4) is 0 Å². The Kier molecular flexibility index (Phi) is 5.17. The molecule has 1 unspecified atom stereocenters. The topological polar surface area (TPSA) is 60.4 Å². The van der Waals surface area contributed by atoms with Crippen molar-refractivity contribution >= 4 is 15.6 Å². The molecule has 0 spiro atoms. The lowest BCUT2D eigenvalue weighted by Crippen LogP contribution is -2.15. The summed E-state index contributed by atoms with van der Waals surface area (Å²) in [7, 11) is -1.50. The van der Waals surface area contributed by atoms with Gasteiger partial charge in [-0.15, -0.1) is 0 Å². The second-order valence-electron chi connectivity index (χ2n) is 3.17. The molecule has 0 radical (unpaired) electrons. The fourth-order valence-corrected chi connectivity index (χ4v) is 1.40. The summed E-state index contributed by atoms with van der Waals surface area (Å²) in [6.07, 6.45) is 1.37. The van der Waals surface area contributed by atoms with Crippen molar-refractivity contribution in [1.82, 2.24) is 0 Å². The van der Waals surface area contributed by atoms with Crippen LogP contribution in [0, 0.1) is 0 Å². The summed E-state index contributed by atoms with van der Waals surface area (Å²) in [4.78, 5) is 11.1. The Balaban J connectivity index is 3.77. The van der Waals surface area contributed by atoms with Crippen molar-refractivity contribution in [3.05, 3.63) is 0 Å². The molecule has 4 nitrogen and oxygen atoms in total. The van der Waals surface area contributed by atoms with Crippen molar-refractivity contribution in [3.8, 4) is 0 Å². The summed E-state index contributed by atoms with van der Waals surface area (Å²) >= 11 is 0. The van der Waals surface area contributed by atoms with Crippen LogP contribution in [0.15, 0.2) is 0 Å². The molecule has 0 amide bonds. The van der Waals surface area contributed by atoms with E-state index in [1.807, 2.05) is 0 Å². The Morgan fingerprint density at radius 2 is 2.00 bits per heavy atom. The summed E-state index contributed by atoms with van der Waals surface area (Å²) in [6, 6.07) is 0. The lowest BCUT2D eigenvalue weighted by atomic mass is 10.1. The van der Waals surface area contributed by atoms with Gasteiger partial charge in [0.25, 0.3) is 0 Å². The minimum Gasteiger partial charge on any atom is -0.381 e. The molecule has 78 valence electrons. The number of rotatable bonds is 6. The molecule has 0 N–H and O–H groups in total. The van der Waals surface area contributed by atoms with Gasteiger partial charge in [0, 0.05) is 26.2 Å². The Morgan fingerprint density at radius 3 is 2.38 bits per heavy atom. The monoisotopic (exact) mass is 208 g/mol. The van der Waals surface area contributed by atoms with Crippen molar-refractivity contribution in [1.29, 1.82) is 0 Å². The molecule has 0 bridgehead atoms. The van der Waals surface area contributed by atoms with Gasteiger partial charge in [0.1, 0.15) is 15.6 Å². The average Bonchev–Trinajstić information content (AvgIpc) is 1.99. The molecule has 1 atom stereocenters. The van der Waals surface area contributed by atoms with Crippen molar-refractivity contribution in [2.75, 3.05) is 19.1 Å². The third-order valence-electron chi connectivity index (χ3n) is 1.67. The maximum Gasteiger partial charge on any atom is 0.147 e. The minimum absolute atomic E-state index is 0.0672. The van der Waals surface area contributed by atoms with Crippen LogP contribution in [0.5, 0.6) is 0 Å². The number of ether oxygens (including phenoxy) is 1. The van der Waals surface area contributed by atoms with Gasteiger partial charge in [-0.25, -0.2) is 8.42 Å². The standard InChI is InChI=1S/C8H16O4S/c1-7(12-2)6-8(9)4-5-13(3,10)11/h7H,4-6H2,1-3H3. The van der Waals surface area contributed by atoms with Crippen molar-refractivity contribution in [2.24, 2.45) is 0 Å². The highest BCUT2D eigenvalue weighted by Gasteiger charge is 2.11. The van der Waals surface area contributed by atoms with Crippen LogP contribution in [0.4, 0.5) is 0 Å². The fraction of sp³-hybridized carbons (Fsp3) is 0.875. The molecule has 0 saturated carbocycles. The molecule has 0 aromatic rings. The third-order valence-corrected chi connectivity index (χ3v) is 2.61. The van der Waals surface area contributed by atoms with Crippen molar-refractivity contribution in [3.63, 3.8) is 0 Å². The molecule has 0 aliphatic rings. The van der Waals surface area contributed by atoms with Crippen molar-refractivity contribution < 1.29 is 17.9 Å². The lowest BCUT2D eigenvalue weighted by Gasteiger charge is -2.07. The summed E-state index contributed by atoms with van der Waals surface area (Å²) in [5.74, 6) is -0.137. The first kappa shape index (κ1) is 12.6. The van der Waals surface area contributed by atoms with Crippen LogP contribution in [0.1, 0.15) is 19.8 Å². The number of hydrogen-bond donors (Lipinski definition) is 0. The van der Waals surface area contributed by atoms with Crippen LogP contribution in [0.25, 0.3) is 0 Å². The fourth-order valence-electron chi connectivity index (χ4n) is 0.805. The maximum atomic E-state index is 11.1. The molecule has 0 rings (SSSR count). The zero-order valence-electron chi connectivity index (χ0n) is 8.24. The van der Waals surface area contributed by atoms with Gasteiger partial charge in [0.2, 0.25) is 0 Å². The molecule has 0 aromatic carbocycles. The molecule has 0 fully saturated rings. The Labute approximate surface area is 79.2 Å². The van der Waals surface area contributed by atoms with E-state index in [0.717, 1.165) is 6.26 Å². The number of carbonyl (C=O) groups is 1. The minimum atomic E-state index is -3.02. The van der Waals surface area contributed by atoms with Gasteiger partial charge in [-0.1, -0.05) is 0 Å². The van der Waals surface area contributed by atoms with E-state index in [0.29, 0.717) is 0 Å². The quantitative estimate of drug-likeness (QED) is 0.634. The van der Waals surface area contributed by atoms with E-state index in [1.54, 1.807) is 6.92 Å². The van der Waals surface area contributed by atoms with E-state index in [9.17, 15) is 13.2 Å². The first-order chi connectivity index (χ1) is 5.85. The molecular weight excluding hydrogens is 192 g/mol. The SMILES string of the molecule is COC(C)CC(=O)CCS(C)(=O)=O. The molecular formula is C8H16O4S. The predicted octanol–water partition coefficient (Wildman–Crippen LogP) is 0.415. The molecule has 0 aliphatic heterocycles. The second-order valence-corrected chi connectivity index (χ2v) is 5.43. The number of hydrogen-bond acceptors (Lipinski definition) is 4. The zero-order valence-corrected chi connectivity index (χ0v) is 9.06. The van der Waals surface area contributed by atoms with Crippen LogP contribution >= 0.6 is 0 Å². The Hall–Kier alpha value is -0.420. The largest absolute Gasteiger partial charge is 0.381 e. The number of carbonyl (C=O) groups excluding carboxylic acids is 1. The van der Waals surface area contributed by atoms with Crippen LogP contribution in [0.2, 0.25) is 0 Å². The summed E-state index contributed by atoms with van der Waals surface area (Å²) in [5, 5.41) is 0. The smallest absolute Gasteiger partial charge is 0.147 e. The van der Waals surface area contributed by atoms with Crippen molar-refractivity contribution in [2.45, 2.75) is 25.9 Å². The van der Waals surface area contributed by atoms with Crippen LogP contribution in [-0.4, -0.2) is 39.4 Å². The van der Waals surface area contributed by atoms with Gasteiger partial charge in [0.05, 0.1) is 11.9 Å². The summed E-state index contributed by atoms with van der Waals surface area (Å²) in [6.45, 7) is 1.78. The number of Topliss-reactive ketones (excluding diaryl/α,β-unsaturated/α-hetero) is 1. The highest BCUT2D eigenvalue weighted by atomic mass is 32.2. The molecule has 0 heterocycles. The summed E-state index contributed by atoms with van der Waals surface area (Å²) < 4.78 is 26.3. The van der Waals surface area contributed by atoms with Gasteiger partial charge >= 0.3 is 0 Å². The van der Waals surface area contributed by atoms with E-state index in [2.05, 4.69) is 0 Å². The summed E-state index contributed by atoms with van der Waals surface area (Å²) in [5.41, 5.74) is 0. The van der Waals surface area contributed by atoms with E-state index in [4.69, 9.17) is 4.74 Å². The number of methoxy groups -OCH3 is 1. The lowest BCUT2D eigenvalue weighted by molar-refractivity contribution is -0.120. The molecule has 5 heteroatoms. The van der Waals surface area contributed by atoms with Gasteiger partial charge in [-0.05, 0) is 6.92 Å². The van der Waals surface area contributed by atoms with Crippen LogP contribution in [-0.2, 0) is 19.4 Å². The second kappa shape index (κ2) is 5.34. The normalized spacial score (nSPS) is 14.1. The van der Waals surface area contributed by atoms with E-state index >= 15 is 0 Å². The highest BCUT2D eigenvalue weighted by Crippen LogP contribution is 2.00. The number of ketones is 1. The maximum absolute atomic E-state index is 11.1. The van der Waals surface area contributed by atoms with Gasteiger partial charge < -0.3 is 4.74 Å². The Morgan fingerprint density at radius 1 is 1.46 bits per heavy atom. The highest BCUT2D eigenvalue weighted by molar-refractivity contribution is 7.90. The number of sulfone groups is 1. The Bertz CT molecular complexity index is 255. The van der Waals surface area contributed by atoms with Gasteiger partial charge in [0.15, 0.2) is 0 Å². The van der Waals surface area contributed by atoms with E-state index in [1.165, 1.54) is 7.11 Å². The third kappa shape index (κ3) is 7.93. The average molecular weight is 208 g/mol. The van der Waals surface area contributed by atoms with Crippen LogP contribution < -0.4 is 0 Å².